The Kier molecular flexibility index (Phi) is 4.77. The second kappa shape index (κ2) is 5.48. The maximum absolute atomic E-state index is 6.25. The smallest absolute Gasteiger partial charge is 0.0217 e. The number of likely N-dealkylation sites (N-methyl/N-ethyl adjacent to an activating group) is 1. The first kappa shape index (κ1) is 13.9. The van der Waals surface area contributed by atoms with Gasteiger partial charge in [0.25, 0.3) is 0 Å². The number of hydrogen-bond donors (Lipinski definition) is 1. The van der Waals surface area contributed by atoms with Gasteiger partial charge in [-0.05, 0) is 38.9 Å². The van der Waals surface area contributed by atoms with Gasteiger partial charge in [-0.3, -0.25) is 0 Å². The molecule has 3 nitrogen and oxygen atoms in total. The van der Waals surface area contributed by atoms with Crippen LogP contribution in [0.4, 0.5) is 0 Å². The maximum atomic E-state index is 6.25. The van der Waals surface area contributed by atoms with E-state index in [1.165, 1.54) is 25.9 Å². The molecule has 0 saturated carbocycles. The molecule has 1 heterocycles. The van der Waals surface area contributed by atoms with Crippen LogP contribution < -0.4 is 5.73 Å². The van der Waals surface area contributed by atoms with E-state index in [1.54, 1.807) is 0 Å². The molecule has 2 atom stereocenters. The molecule has 0 bridgehead atoms. The molecule has 2 unspecified atom stereocenters. The van der Waals surface area contributed by atoms with Crippen LogP contribution in [-0.4, -0.2) is 55.6 Å². The molecule has 0 aromatic carbocycles. The molecule has 3 heteroatoms. The summed E-state index contributed by atoms with van der Waals surface area (Å²) < 4.78 is 0. The van der Waals surface area contributed by atoms with Crippen LogP contribution in [0.25, 0.3) is 0 Å². The van der Waals surface area contributed by atoms with Crippen molar-refractivity contribution >= 4 is 0 Å². The van der Waals surface area contributed by atoms with Crippen LogP contribution in [0.3, 0.4) is 0 Å². The molecule has 1 aliphatic rings. The Bertz CT molecular complexity index is 208. The van der Waals surface area contributed by atoms with Crippen molar-refractivity contribution in [2.75, 3.05) is 33.7 Å². The van der Waals surface area contributed by atoms with E-state index in [0.717, 1.165) is 6.54 Å². The molecule has 0 aliphatic carbocycles. The normalized spacial score (nSPS) is 26.1. The van der Waals surface area contributed by atoms with Crippen LogP contribution in [-0.2, 0) is 0 Å². The largest absolute Gasteiger partial charge is 0.326 e. The molecular weight excluding hydrogens is 198 g/mol. The fourth-order valence-corrected chi connectivity index (χ4v) is 2.17. The Labute approximate surface area is 101 Å². The summed E-state index contributed by atoms with van der Waals surface area (Å²) >= 11 is 0. The lowest BCUT2D eigenvalue weighted by atomic mass is 9.86. The van der Waals surface area contributed by atoms with Crippen molar-refractivity contribution in [2.24, 2.45) is 11.1 Å². The lowest BCUT2D eigenvalue weighted by Crippen LogP contribution is -2.51. The van der Waals surface area contributed by atoms with Gasteiger partial charge in [-0.2, -0.15) is 0 Å². The average Bonchev–Trinajstić information content (AvgIpc) is 2.16. The molecule has 0 aromatic rings. The Morgan fingerprint density at radius 1 is 1.38 bits per heavy atom. The molecule has 0 amide bonds. The lowest BCUT2D eigenvalue weighted by Gasteiger charge is -2.39. The molecule has 1 aliphatic heterocycles. The minimum atomic E-state index is 0.213. The van der Waals surface area contributed by atoms with Gasteiger partial charge in [-0.1, -0.05) is 20.8 Å². The average molecular weight is 227 g/mol. The van der Waals surface area contributed by atoms with Gasteiger partial charge in [0.2, 0.25) is 0 Å². The van der Waals surface area contributed by atoms with Gasteiger partial charge in [0.1, 0.15) is 0 Å². The third-order valence-corrected chi connectivity index (χ3v) is 3.78. The summed E-state index contributed by atoms with van der Waals surface area (Å²) in [6, 6.07) is 0.981. The van der Waals surface area contributed by atoms with E-state index in [2.05, 4.69) is 44.7 Å². The van der Waals surface area contributed by atoms with Gasteiger partial charge < -0.3 is 15.5 Å². The van der Waals surface area contributed by atoms with Crippen LogP contribution in [0, 0.1) is 5.41 Å². The molecule has 0 radical (unpaired) electrons. The summed E-state index contributed by atoms with van der Waals surface area (Å²) in [6.45, 7) is 10.1. The van der Waals surface area contributed by atoms with E-state index in [9.17, 15) is 0 Å². The molecule has 1 saturated heterocycles. The van der Waals surface area contributed by atoms with Crippen LogP contribution in [0.15, 0.2) is 0 Å². The molecule has 0 aromatic heterocycles. The van der Waals surface area contributed by atoms with Crippen LogP contribution >= 0.6 is 0 Å². The minimum absolute atomic E-state index is 0.213. The lowest BCUT2D eigenvalue weighted by molar-refractivity contribution is 0.112. The monoisotopic (exact) mass is 227 g/mol. The molecule has 1 fully saturated rings. The zero-order valence-corrected chi connectivity index (χ0v) is 11.7. The van der Waals surface area contributed by atoms with Gasteiger partial charge in [-0.15, -0.1) is 0 Å². The highest BCUT2D eigenvalue weighted by Gasteiger charge is 2.26. The van der Waals surface area contributed by atoms with E-state index in [0.29, 0.717) is 6.04 Å². The number of piperidine rings is 1. The standard InChI is InChI=1S/C13H29N3/c1-13(2,3)12(14)10-16-8-6-7-11(9-16)15(4)5/h11-12H,6-10,14H2,1-5H3. The highest BCUT2D eigenvalue weighted by atomic mass is 15.2. The third-order valence-electron chi connectivity index (χ3n) is 3.78. The zero-order valence-electron chi connectivity index (χ0n) is 11.7. The number of rotatable bonds is 3. The third kappa shape index (κ3) is 4.04. The quantitative estimate of drug-likeness (QED) is 0.791. The van der Waals surface area contributed by atoms with Gasteiger partial charge in [0, 0.05) is 25.2 Å². The minimum Gasteiger partial charge on any atom is -0.326 e. The number of nitrogens with zero attached hydrogens (tertiary/aromatic N) is 2. The van der Waals surface area contributed by atoms with Gasteiger partial charge in [-0.25, -0.2) is 0 Å². The summed E-state index contributed by atoms with van der Waals surface area (Å²) in [5.41, 5.74) is 6.46. The van der Waals surface area contributed by atoms with Crippen LogP contribution in [0.5, 0.6) is 0 Å². The number of hydrogen-bond acceptors (Lipinski definition) is 3. The molecule has 1 rings (SSSR count). The Morgan fingerprint density at radius 2 is 2.00 bits per heavy atom. The molecule has 2 N–H and O–H groups in total. The summed E-state index contributed by atoms with van der Waals surface area (Å²) in [5.74, 6) is 0. The van der Waals surface area contributed by atoms with Crippen molar-refractivity contribution in [3.63, 3.8) is 0 Å². The molecular formula is C13H29N3. The maximum Gasteiger partial charge on any atom is 0.0217 e. The Balaban J connectivity index is 2.43. The zero-order chi connectivity index (χ0) is 12.3. The van der Waals surface area contributed by atoms with Gasteiger partial charge in [0.15, 0.2) is 0 Å². The first-order chi connectivity index (χ1) is 7.30. The highest BCUT2D eigenvalue weighted by molar-refractivity contribution is 4.84. The van der Waals surface area contributed by atoms with E-state index in [4.69, 9.17) is 5.73 Å². The van der Waals surface area contributed by atoms with Crippen LogP contribution in [0.2, 0.25) is 0 Å². The van der Waals surface area contributed by atoms with E-state index in [-0.39, 0.29) is 11.5 Å². The van der Waals surface area contributed by atoms with E-state index < -0.39 is 0 Å². The van der Waals surface area contributed by atoms with Crippen molar-refractivity contribution in [1.82, 2.24) is 9.80 Å². The van der Waals surface area contributed by atoms with Crippen molar-refractivity contribution < 1.29 is 0 Å². The summed E-state index contributed by atoms with van der Waals surface area (Å²) in [6.07, 6.45) is 2.63. The summed E-state index contributed by atoms with van der Waals surface area (Å²) in [7, 11) is 4.36. The van der Waals surface area contributed by atoms with E-state index >= 15 is 0 Å². The Morgan fingerprint density at radius 3 is 2.50 bits per heavy atom. The van der Waals surface area contributed by atoms with Crippen molar-refractivity contribution in [3.05, 3.63) is 0 Å². The van der Waals surface area contributed by atoms with Crippen molar-refractivity contribution in [1.29, 1.82) is 0 Å². The highest BCUT2D eigenvalue weighted by Crippen LogP contribution is 2.20. The second-order valence-electron chi connectivity index (χ2n) is 6.49. The first-order valence-electron chi connectivity index (χ1n) is 6.45. The van der Waals surface area contributed by atoms with Crippen molar-refractivity contribution in [3.8, 4) is 0 Å². The SMILES string of the molecule is CN(C)C1CCCN(CC(N)C(C)(C)C)C1. The predicted octanol–water partition coefficient (Wildman–Crippen LogP) is 1.39. The molecule has 0 spiro atoms. The second-order valence-corrected chi connectivity index (χ2v) is 6.49. The summed E-state index contributed by atoms with van der Waals surface area (Å²) in [4.78, 5) is 4.87. The van der Waals surface area contributed by atoms with Gasteiger partial charge in [0.05, 0.1) is 0 Å². The first-order valence-corrected chi connectivity index (χ1v) is 6.45. The molecule has 16 heavy (non-hydrogen) atoms. The number of likely N-dealkylation sites (tertiary alicyclic amines) is 1. The summed E-state index contributed by atoms with van der Waals surface area (Å²) in [5, 5.41) is 0. The fourth-order valence-electron chi connectivity index (χ4n) is 2.17. The van der Waals surface area contributed by atoms with Crippen molar-refractivity contribution in [2.45, 2.75) is 45.7 Å². The van der Waals surface area contributed by atoms with E-state index in [1.807, 2.05) is 0 Å². The number of nitrogens with two attached hydrogens (primary N) is 1. The van der Waals surface area contributed by atoms with Gasteiger partial charge >= 0.3 is 0 Å². The van der Waals surface area contributed by atoms with Crippen LogP contribution in [0.1, 0.15) is 33.6 Å². The predicted molar refractivity (Wildman–Crippen MR) is 70.6 cm³/mol. The topological polar surface area (TPSA) is 32.5 Å². The fraction of sp³-hybridized carbons (Fsp3) is 1.00. The Hall–Kier alpha value is -0.120. The molecule has 96 valence electrons.